The van der Waals surface area contributed by atoms with Gasteiger partial charge in [0.25, 0.3) is 0 Å². The number of rotatable bonds is 7. The van der Waals surface area contributed by atoms with Crippen LogP contribution in [0.25, 0.3) is 0 Å². The third-order valence-electron chi connectivity index (χ3n) is 6.43. The summed E-state index contributed by atoms with van der Waals surface area (Å²) in [5, 5.41) is 10.3. The van der Waals surface area contributed by atoms with E-state index in [2.05, 4.69) is 16.3 Å². The van der Waals surface area contributed by atoms with Gasteiger partial charge in [-0.2, -0.15) is 0 Å². The molecule has 1 aromatic carbocycles. The Kier molecular flexibility index (Phi) is 7.18. The van der Waals surface area contributed by atoms with Crippen LogP contribution in [0.15, 0.2) is 40.6 Å². The van der Waals surface area contributed by atoms with Crippen molar-refractivity contribution in [3.05, 3.63) is 46.2 Å². The fraction of sp³-hybridized carbons (Fsp3) is 0.478. The standard InChI is InChI=1S/C23H30N4O4S2/c1-16-13-18-14-20(33(24,30)31)4-5-21(18)27(16)22(28)15-26-10-7-17(8-11-26)23(29)25-9-6-19-3-2-12-32-19/h2-5,12,14,16-17H,6-11,13,15H2,1H3,(H,25,29)(H2,24,30,31). The number of nitrogens with zero attached hydrogens (tertiary/aromatic N) is 2. The number of benzene rings is 1. The molecule has 3 heterocycles. The molecule has 10 heteroatoms. The Balaban J connectivity index is 1.28. The first-order valence-corrected chi connectivity index (χ1v) is 13.6. The molecule has 1 fully saturated rings. The second-order valence-electron chi connectivity index (χ2n) is 8.82. The molecule has 2 aliphatic heterocycles. The number of sulfonamides is 1. The molecular formula is C23H30N4O4S2. The lowest BCUT2D eigenvalue weighted by Gasteiger charge is -2.32. The number of nitrogens with one attached hydrogen (secondary N) is 1. The van der Waals surface area contributed by atoms with Gasteiger partial charge in [-0.3, -0.25) is 14.5 Å². The normalized spacial score (nSPS) is 19.5. The van der Waals surface area contributed by atoms with Gasteiger partial charge in [-0.15, -0.1) is 11.3 Å². The van der Waals surface area contributed by atoms with E-state index in [1.54, 1.807) is 28.4 Å². The highest BCUT2D eigenvalue weighted by Crippen LogP contribution is 2.34. The van der Waals surface area contributed by atoms with Crippen LogP contribution in [-0.2, 0) is 32.5 Å². The molecule has 0 spiro atoms. The van der Waals surface area contributed by atoms with Gasteiger partial charge < -0.3 is 10.2 Å². The predicted molar refractivity (Wildman–Crippen MR) is 129 cm³/mol. The van der Waals surface area contributed by atoms with E-state index in [0.717, 1.165) is 30.5 Å². The molecule has 3 N–H and O–H groups in total. The molecule has 33 heavy (non-hydrogen) atoms. The second-order valence-corrected chi connectivity index (χ2v) is 11.4. The summed E-state index contributed by atoms with van der Waals surface area (Å²) in [6.07, 6.45) is 2.92. The Hall–Kier alpha value is -2.27. The largest absolute Gasteiger partial charge is 0.355 e. The Morgan fingerprint density at radius 3 is 2.64 bits per heavy atom. The van der Waals surface area contributed by atoms with Crippen LogP contribution in [0.2, 0.25) is 0 Å². The number of hydrogen-bond donors (Lipinski definition) is 2. The van der Waals surface area contributed by atoms with Gasteiger partial charge in [0.2, 0.25) is 21.8 Å². The summed E-state index contributed by atoms with van der Waals surface area (Å²) in [7, 11) is -3.78. The minimum atomic E-state index is -3.78. The summed E-state index contributed by atoms with van der Waals surface area (Å²) in [6, 6.07) is 8.73. The Morgan fingerprint density at radius 1 is 1.21 bits per heavy atom. The van der Waals surface area contributed by atoms with E-state index in [1.165, 1.54) is 10.9 Å². The van der Waals surface area contributed by atoms with Crippen molar-refractivity contribution in [3.63, 3.8) is 0 Å². The lowest BCUT2D eigenvalue weighted by Crippen LogP contribution is -2.47. The highest BCUT2D eigenvalue weighted by molar-refractivity contribution is 7.89. The van der Waals surface area contributed by atoms with E-state index in [-0.39, 0.29) is 35.2 Å². The lowest BCUT2D eigenvalue weighted by atomic mass is 9.96. The third kappa shape index (κ3) is 5.63. The average molecular weight is 491 g/mol. The summed E-state index contributed by atoms with van der Waals surface area (Å²) in [5.41, 5.74) is 1.57. The molecule has 4 rings (SSSR count). The van der Waals surface area contributed by atoms with Gasteiger partial charge in [-0.25, -0.2) is 13.6 Å². The average Bonchev–Trinajstić information content (AvgIpc) is 3.39. The zero-order valence-electron chi connectivity index (χ0n) is 18.7. The summed E-state index contributed by atoms with van der Waals surface area (Å²) >= 11 is 1.70. The first-order valence-electron chi connectivity index (χ1n) is 11.2. The topological polar surface area (TPSA) is 113 Å². The van der Waals surface area contributed by atoms with Crippen LogP contribution in [-0.4, -0.2) is 57.4 Å². The van der Waals surface area contributed by atoms with Crippen molar-refractivity contribution < 1.29 is 18.0 Å². The van der Waals surface area contributed by atoms with Crippen molar-refractivity contribution >= 4 is 38.9 Å². The SMILES string of the molecule is CC1Cc2cc(S(N)(=O)=O)ccc2N1C(=O)CN1CCC(C(=O)NCCc2cccs2)CC1. The summed E-state index contributed by atoms with van der Waals surface area (Å²) in [4.78, 5) is 30.8. The van der Waals surface area contributed by atoms with Crippen LogP contribution in [0.5, 0.6) is 0 Å². The highest BCUT2D eigenvalue weighted by Gasteiger charge is 2.33. The quantitative estimate of drug-likeness (QED) is 0.614. The molecule has 8 nitrogen and oxygen atoms in total. The predicted octanol–water partition coefficient (Wildman–Crippen LogP) is 1.74. The van der Waals surface area contributed by atoms with Gasteiger partial charge in [-0.1, -0.05) is 6.07 Å². The van der Waals surface area contributed by atoms with Gasteiger partial charge in [0.15, 0.2) is 0 Å². The number of thiophene rings is 1. The van der Waals surface area contributed by atoms with E-state index in [0.29, 0.717) is 26.1 Å². The smallest absolute Gasteiger partial charge is 0.241 e. The van der Waals surface area contributed by atoms with Crippen molar-refractivity contribution in [3.8, 4) is 0 Å². The van der Waals surface area contributed by atoms with Gasteiger partial charge in [0, 0.05) is 29.1 Å². The van der Waals surface area contributed by atoms with E-state index < -0.39 is 10.0 Å². The summed E-state index contributed by atoms with van der Waals surface area (Å²) in [6.45, 7) is 4.30. The van der Waals surface area contributed by atoms with Gasteiger partial charge in [0.1, 0.15) is 0 Å². The van der Waals surface area contributed by atoms with E-state index in [4.69, 9.17) is 5.14 Å². The van der Waals surface area contributed by atoms with E-state index >= 15 is 0 Å². The Morgan fingerprint density at radius 2 is 1.97 bits per heavy atom. The van der Waals surface area contributed by atoms with Crippen molar-refractivity contribution in [2.24, 2.45) is 11.1 Å². The number of fused-ring (bicyclic) bond motifs is 1. The molecular weight excluding hydrogens is 460 g/mol. The maximum Gasteiger partial charge on any atom is 0.241 e. The number of hydrogen-bond acceptors (Lipinski definition) is 6. The molecule has 0 aliphatic carbocycles. The van der Waals surface area contributed by atoms with E-state index in [1.807, 2.05) is 18.4 Å². The maximum atomic E-state index is 13.1. The molecule has 2 aromatic rings. The zero-order valence-corrected chi connectivity index (χ0v) is 20.3. The number of piperidine rings is 1. The molecule has 0 radical (unpaired) electrons. The number of anilines is 1. The molecule has 1 saturated heterocycles. The molecule has 1 unspecified atom stereocenters. The van der Waals surface area contributed by atoms with Gasteiger partial charge in [0.05, 0.1) is 11.4 Å². The highest BCUT2D eigenvalue weighted by atomic mass is 32.2. The molecule has 178 valence electrons. The van der Waals surface area contributed by atoms with Crippen molar-refractivity contribution in [1.29, 1.82) is 0 Å². The fourth-order valence-corrected chi connectivity index (χ4v) is 5.97. The minimum absolute atomic E-state index is 0.0107. The number of likely N-dealkylation sites (tertiary alicyclic amines) is 1. The third-order valence-corrected chi connectivity index (χ3v) is 8.28. The number of primary sulfonamides is 1. The van der Waals surface area contributed by atoms with Crippen LogP contribution in [0.1, 0.15) is 30.2 Å². The van der Waals surface area contributed by atoms with Gasteiger partial charge >= 0.3 is 0 Å². The molecule has 0 saturated carbocycles. The Bertz CT molecular complexity index is 1110. The van der Waals surface area contributed by atoms with Crippen LogP contribution in [0, 0.1) is 5.92 Å². The molecule has 1 aromatic heterocycles. The van der Waals surface area contributed by atoms with Crippen LogP contribution in [0.4, 0.5) is 5.69 Å². The lowest BCUT2D eigenvalue weighted by molar-refractivity contribution is -0.126. The number of carbonyl (C=O) groups is 2. The number of amides is 2. The number of carbonyl (C=O) groups excluding carboxylic acids is 2. The minimum Gasteiger partial charge on any atom is -0.355 e. The maximum absolute atomic E-state index is 13.1. The molecule has 0 bridgehead atoms. The Labute approximate surface area is 198 Å². The van der Waals surface area contributed by atoms with Crippen molar-refractivity contribution in [2.45, 2.75) is 43.5 Å². The monoisotopic (exact) mass is 490 g/mol. The van der Waals surface area contributed by atoms with Crippen LogP contribution < -0.4 is 15.4 Å². The second kappa shape index (κ2) is 9.92. The molecule has 1 atom stereocenters. The van der Waals surface area contributed by atoms with Crippen molar-refractivity contribution in [2.75, 3.05) is 31.1 Å². The van der Waals surface area contributed by atoms with Crippen LogP contribution >= 0.6 is 11.3 Å². The van der Waals surface area contributed by atoms with Gasteiger partial charge in [-0.05, 0) is 80.9 Å². The molecule has 2 aliphatic rings. The first kappa shape index (κ1) is 23.9. The molecule has 2 amide bonds. The van der Waals surface area contributed by atoms with Crippen molar-refractivity contribution in [1.82, 2.24) is 10.2 Å². The number of nitrogens with two attached hydrogens (primary N) is 1. The summed E-state index contributed by atoms with van der Waals surface area (Å²) in [5.74, 6) is 0.0801. The fourth-order valence-electron chi connectivity index (χ4n) is 4.69. The van der Waals surface area contributed by atoms with Crippen LogP contribution in [0.3, 0.4) is 0 Å². The summed E-state index contributed by atoms with van der Waals surface area (Å²) < 4.78 is 23.3. The van der Waals surface area contributed by atoms with E-state index in [9.17, 15) is 18.0 Å². The first-order chi connectivity index (χ1) is 15.7. The zero-order chi connectivity index (χ0) is 23.6.